The number of aromatic amines is 2. The second-order valence-electron chi connectivity index (χ2n) is 5.31. The first-order valence-corrected chi connectivity index (χ1v) is 8.06. The molecule has 0 aromatic carbocycles. The summed E-state index contributed by atoms with van der Waals surface area (Å²) >= 11 is 3.36. The van der Waals surface area contributed by atoms with E-state index in [1.54, 1.807) is 25.4 Å². The van der Waals surface area contributed by atoms with Crippen molar-refractivity contribution >= 4 is 44.1 Å². The molecular weight excluding hydrogens is 374 g/mol. The molecule has 120 valence electrons. The van der Waals surface area contributed by atoms with Gasteiger partial charge in [0.1, 0.15) is 11.5 Å². The molecular formula is C16H12BrN5O2. The van der Waals surface area contributed by atoms with Crippen molar-refractivity contribution in [2.24, 2.45) is 0 Å². The smallest absolute Gasteiger partial charge is 0.357 e. The largest absolute Gasteiger partial charge is 0.450 e. The van der Waals surface area contributed by atoms with Gasteiger partial charge in [0.15, 0.2) is 17.4 Å². The molecule has 0 fully saturated rings. The summed E-state index contributed by atoms with van der Waals surface area (Å²) < 4.78 is 6.30. The number of fused-ring (bicyclic) bond motifs is 2. The number of pyridine rings is 2. The van der Waals surface area contributed by atoms with Gasteiger partial charge in [0, 0.05) is 22.3 Å². The lowest BCUT2D eigenvalue weighted by molar-refractivity contribution is 0.0315. The summed E-state index contributed by atoms with van der Waals surface area (Å²) in [4.78, 5) is 31.2. The van der Waals surface area contributed by atoms with E-state index in [2.05, 4.69) is 40.8 Å². The van der Waals surface area contributed by atoms with Crippen LogP contribution in [-0.2, 0) is 4.74 Å². The van der Waals surface area contributed by atoms with Crippen LogP contribution in [0.2, 0.25) is 0 Å². The van der Waals surface area contributed by atoms with E-state index in [0.717, 1.165) is 15.4 Å². The number of nitrogens with one attached hydrogen (secondary N) is 2. The highest BCUT2D eigenvalue weighted by Crippen LogP contribution is 2.21. The molecule has 0 bridgehead atoms. The van der Waals surface area contributed by atoms with Gasteiger partial charge in [-0.1, -0.05) is 0 Å². The molecule has 0 unspecified atom stereocenters. The minimum absolute atomic E-state index is 0.244. The molecule has 4 rings (SSSR count). The molecule has 2 N–H and O–H groups in total. The Labute approximate surface area is 144 Å². The zero-order valence-electron chi connectivity index (χ0n) is 12.6. The lowest BCUT2D eigenvalue weighted by atomic mass is 10.3. The van der Waals surface area contributed by atoms with Crippen molar-refractivity contribution in [3.63, 3.8) is 0 Å². The van der Waals surface area contributed by atoms with Gasteiger partial charge in [0.25, 0.3) is 0 Å². The predicted molar refractivity (Wildman–Crippen MR) is 91.5 cm³/mol. The number of ether oxygens (including phenoxy) is 1. The van der Waals surface area contributed by atoms with Crippen LogP contribution in [0.15, 0.2) is 41.1 Å². The van der Waals surface area contributed by atoms with Gasteiger partial charge in [-0.25, -0.2) is 19.7 Å². The van der Waals surface area contributed by atoms with E-state index in [9.17, 15) is 4.79 Å². The Morgan fingerprint density at radius 2 is 2.17 bits per heavy atom. The number of esters is 1. The van der Waals surface area contributed by atoms with Gasteiger partial charge in [-0.15, -0.1) is 0 Å². The van der Waals surface area contributed by atoms with Crippen LogP contribution in [0.25, 0.3) is 22.2 Å². The van der Waals surface area contributed by atoms with Crippen molar-refractivity contribution in [1.29, 1.82) is 0 Å². The Bertz CT molecular complexity index is 1050. The van der Waals surface area contributed by atoms with Crippen molar-refractivity contribution in [3.8, 4) is 0 Å². The van der Waals surface area contributed by atoms with Crippen molar-refractivity contribution in [1.82, 2.24) is 24.9 Å². The van der Waals surface area contributed by atoms with Gasteiger partial charge in [-0.05, 0) is 47.1 Å². The summed E-state index contributed by atoms with van der Waals surface area (Å²) in [6.45, 7) is 1.75. The number of imidazole rings is 1. The zero-order valence-corrected chi connectivity index (χ0v) is 14.2. The normalized spacial score (nSPS) is 12.6. The molecule has 0 saturated heterocycles. The molecule has 1 atom stereocenters. The fourth-order valence-electron chi connectivity index (χ4n) is 2.41. The van der Waals surface area contributed by atoms with Crippen LogP contribution in [0.5, 0.6) is 0 Å². The van der Waals surface area contributed by atoms with Gasteiger partial charge in [-0.3, -0.25) is 0 Å². The van der Waals surface area contributed by atoms with Crippen LogP contribution in [0.3, 0.4) is 0 Å². The van der Waals surface area contributed by atoms with Crippen molar-refractivity contribution in [2.45, 2.75) is 13.0 Å². The van der Waals surface area contributed by atoms with Crippen LogP contribution < -0.4 is 0 Å². The van der Waals surface area contributed by atoms with Crippen molar-refractivity contribution in [2.75, 3.05) is 0 Å². The van der Waals surface area contributed by atoms with Gasteiger partial charge < -0.3 is 14.7 Å². The Morgan fingerprint density at radius 1 is 1.29 bits per heavy atom. The Morgan fingerprint density at radius 3 is 3.04 bits per heavy atom. The van der Waals surface area contributed by atoms with Crippen LogP contribution in [0.4, 0.5) is 0 Å². The highest BCUT2D eigenvalue weighted by molar-refractivity contribution is 9.10. The molecule has 7 nitrogen and oxygen atoms in total. The van der Waals surface area contributed by atoms with E-state index < -0.39 is 12.1 Å². The second-order valence-corrected chi connectivity index (χ2v) is 6.22. The fourth-order valence-corrected chi connectivity index (χ4v) is 2.74. The topological polar surface area (TPSA) is 96.6 Å². The third-order valence-corrected chi connectivity index (χ3v) is 4.04. The van der Waals surface area contributed by atoms with Crippen LogP contribution >= 0.6 is 15.9 Å². The summed E-state index contributed by atoms with van der Waals surface area (Å²) in [7, 11) is 0. The van der Waals surface area contributed by atoms with Crippen LogP contribution in [-0.4, -0.2) is 30.9 Å². The van der Waals surface area contributed by atoms with Gasteiger partial charge in [0.05, 0.1) is 5.52 Å². The molecule has 0 radical (unpaired) electrons. The Balaban J connectivity index is 1.57. The first-order valence-electron chi connectivity index (χ1n) is 7.26. The van der Waals surface area contributed by atoms with Gasteiger partial charge in [0.2, 0.25) is 0 Å². The first-order chi connectivity index (χ1) is 11.6. The number of H-pyrrole nitrogens is 2. The third-order valence-electron chi connectivity index (χ3n) is 3.61. The standard InChI is InChI=1S/C16H12BrN5O2/c1-8(13-21-12-6-10(17)7-19-15(12)22-13)24-16(23)11-3-2-9-4-5-18-14(9)20-11/h2-8H,1H3,(H,18,20)(H,19,21,22)/t8-/m0/s1. The summed E-state index contributed by atoms with van der Waals surface area (Å²) in [5.74, 6) is 0.0264. The first kappa shape index (κ1) is 14.8. The quantitative estimate of drug-likeness (QED) is 0.526. The summed E-state index contributed by atoms with van der Waals surface area (Å²) in [5.41, 5.74) is 2.24. The molecule has 0 aliphatic carbocycles. The summed E-state index contributed by atoms with van der Waals surface area (Å²) in [6.07, 6.45) is 2.89. The second kappa shape index (κ2) is 5.72. The molecule has 0 amide bonds. The van der Waals surface area contributed by atoms with Crippen LogP contribution in [0, 0.1) is 0 Å². The molecule has 0 saturated carbocycles. The van der Waals surface area contributed by atoms with E-state index in [1.165, 1.54) is 0 Å². The van der Waals surface area contributed by atoms with E-state index >= 15 is 0 Å². The molecule has 8 heteroatoms. The molecule has 24 heavy (non-hydrogen) atoms. The van der Waals surface area contributed by atoms with Gasteiger partial charge >= 0.3 is 5.97 Å². The minimum atomic E-state index is -0.549. The van der Waals surface area contributed by atoms with Gasteiger partial charge in [-0.2, -0.15) is 0 Å². The number of carbonyl (C=O) groups excluding carboxylic acids is 1. The van der Waals surface area contributed by atoms with E-state index in [4.69, 9.17) is 4.74 Å². The maximum absolute atomic E-state index is 12.3. The molecule has 0 spiro atoms. The minimum Gasteiger partial charge on any atom is -0.450 e. The highest BCUT2D eigenvalue weighted by Gasteiger charge is 2.18. The molecule has 4 aromatic rings. The maximum Gasteiger partial charge on any atom is 0.357 e. The van der Waals surface area contributed by atoms with E-state index in [1.807, 2.05) is 18.2 Å². The van der Waals surface area contributed by atoms with Crippen molar-refractivity contribution in [3.05, 3.63) is 52.7 Å². The highest BCUT2D eigenvalue weighted by atomic mass is 79.9. The molecule has 4 aromatic heterocycles. The number of halogens is 1. The summed E-state index contributed by atoms with van der Waals surface area (Å²) in [6, 6.07) is 7.22. The molecule has 0 aliphatic heterocycles. The predicted octanol–water partition coefficient (Wildman–Crippen LogP) is 3.51. The number of hydrogen-bond acceptors (Lipinski definition) is 5. The van der Waals surface area contributed by atoms with Crippen molar-refractivity contribution < 1.29 is 9.53 Å². The lowest BCUT2D eigenvalue weighted by Crippen LogP contribution is -2.11. The number of nitrogens with zero attached hydrogens (tertiary/aromatic N) is 3. The number of rotatable bonds is 3. The van der Waals surface area contributed by atoms with E-state index in [-0.39, 0.29) is 5.69 Å². The van der Waals surface area contributed by atoms with Crippen LogP contribution in [0.1, 0.15) is 29.3 Å². The summed E-state index contributed by atoms with van der Waals surface area (Å²) in [5, 5.41) is 0.938. The fraction of sp³-hybridized carbons (Fsp3) is 0.125. The zero-order chi connectivity index (χ0) is 16.7. The average molecular weight is 386 g/mol. The maximum atomic E-state index is 12.3. The average Bonchev–Trinajstić information content (AvgIpc) is 3.19. The Hall–Kier alpha value is -2.74. The number of aromatic nitrogens is 5. The number of carbonyl (C=O) groups is 1. The third kappa shape index (κ3) is 2.65. The monoisotopic (exact) mass is 385 g/mol. The molecule has 0 aliphatic rings. The van der Waals surface area contributed by atoms with E-state index in [0.29, 0.717) is 17.1 Å². The lowest BCUT2D eigenvalue weighted by Gasteiger charge is -2.10. The molecule has 4 heterocycles. The number of hydrogen-bond donors (Lipinski definition) is 2. The SMILES string of the molecule is C[C@H](OC(=O)c1ccc2cc[nH]c2n1)c1nc2ncc(Br)cc2[nH]1. The Kier molecular flexibility index (Phi) is 3.53.